The van der Waals surface area contributed by atoms with Crippen molar-refractivity contribution in [3.63, 3.8) is 0 Å². The lowest BCUT2D eigenvalue weighted by atomic mass is 9.84. The van der Waals surface area contributed by atoms with Crippen LogP contribution in [0.4, 0.5) is 13.2 Å². The van der Waals surface area contributed by atoms with Crippen LogP contribution in [0.1, 0.15) is 31.2 Å². The van der Waals surface area contributed by atoms with Crippen LogP contribution in [0.25, 0.3) is 0 Å². The molecule has 2 aliphatic rings. The van der Waals surface area contributed by atoms with Crippen molar-refractivity contribution in [3.05, 3.63) is 35.1 Å². The highest BCUT2D eigenvalue weighted by Gasteiger charge is 2.39. The Morgan fingerprint density at radius 2 is 1.88 bits per heavy atom. The SMILES string of the molecule is O=C(Cc1c(F)ccc(F)c1F)NC1CCOC2(CCOCC2)C1. The fraction of sp³-hybridized carbons (Fsp3) is 0.588. The summed E-state index contributed by atoms with van der Waals surface area (Å²) in [4.78, 5) is 12.1. The van der Waals surface area contributed by atoms with Crippen LogP contribution in [0, 0.1) is 17.5 Å². The van der Waals surface area contributed by atoms with Gasteiger partial charge in [-0.25, -0.2) is 13.2 Å². The number of hydrogen-bond donors (Lipinski definition) is 1. The molecule has 2 fully saturated rings. The average molecular weight is 343 g/mol. The lowest BCUT2D eigenvalue weighted by Gasteiger charge is -2.43. The molecule has 3 rings (SSSR count). The van der Waals surface area contributed by atoms with E-state index < -0.39 is 35.3 Å². The normalized spacial score (nSPS) is 23.2. The summed E-state index contributed by atoms with van der Waals surface area (Å²) in [5.41, 5.74) is -0.829. The molecule has 7 heteroatoms. The molecule has 2 aliphatic heterocycles. The van der Waals surface area contributed by atoms with Gasteiger partial charge in [0.05, 0.1) is 12.0 Å². The smallest absolute Gasteiger partial charge is 0.224 e. The predicted molar refractivity (Wildman–Crippen MR) is 79.9 cm³/mol. The summed E-state index contributed by atoms with van der Waals surface area (Å²) in [5, 5.41) is 2.80. The fourth-order valence-corrected chi connectivity index (χ4v) is 3.41. The van der Waals surface area contributed by atoms with E-state index in [1.807, 2.05) is 0 Å². The van der Waals surface area contributed by atoms with E-state index in [0.29, 0.717) is 38.7 Å². The molecule has 0 bridgehead atoms. The highest BCUT2D eigenvalue weighted by molar-refractivity contribution is 5.79. The summed E-state index contributed by atoms with van der Waals surface area (Å²) in [6, 6.07) is 1.41. The van der Waals surface area contributed by atoms with Crippen molar-refractivity contribution in [2.45, 2.75) is 43.7 Å². The Hall–Kier alpha value is -1.60. The van der Waals surface area contributed by atoms with Gasteiger partial charge in [-0.05, 0) is 37.8 Å². The Balaban J connectivity index is 1.62. The van der Waals surface area contributed by atoms with E-state index in [1.54, 1.807) is 0 Å². The minimum atomic E-state index is -1.31. The molecule has 4 nitrogen and oxygen atoms in total. The molecule has 1 aromatic rings. The molecule has 1 aromatic carbocycles. The minimum absolute atomic E-state index is 0.121. The van der Waals surface area contributed by atoms with Gasteiger partial charge in [0.15, 0.2) is 11.6 Å². The predicted octanol–water partition coefficient (Wildman–Crippen LogP) is 2.49. The number of benzene rings is 1. The fourth-order valence-electron chi connectivity index (χ4n) is 3.41. The van der Waals surface area contributed by atoms with Crippen LogP contribution in [0.2, 0.25) is 0 Å². The van der Waals surface area contributed by atoms with Gasteiger partial charge in [-0.1, -0.05) is 0 Å². The van der Waals surface area contributed by atoms with E-state index in [9.17, 15) is 18.0 Å². The maximum atomic E-state index is 13.7. The summed E-state index contributed by atoms with van der Waals surface area (Å²) in [6.07, 6.45) is 2.31. The number of carbonyl (C=O) groups is 1. The third-order valence-electron chi connectivity index (χ3n) is 4.74. The van der Waals surface area contributed by atoms with Crippen LogP contribution >= 0.6 is 0 Å². The molecule has 0 saturated carbocycles. The van der Waals surface area contributed by atoms with Gasteiger partial charge in [-0.15, -0.1) is 0 Å². The third-order valence-corrected chi connectivity index (χ3v) is 4.74. The lowest BCUT2D eigenvalue weighted by molar-refractivity contribution is -0.143. The summed E-state index contributed by atoms with van der Waals surface area (Å²) >= 11 is 0. The van der Waals surface area contributed by atoms with Crippen LogP contribution < -0.4 is 5.32 Å². The van der Waals surface area contributed by atoms with Gasteiger partial charge < -0.3 is 14.8 Å². The Morgan fingerprint density at radius 3 is 2.62 bits per heavy atom. The molecule has 0 aliphatic carbocycles. The first kappa shape index (κ1) is 17.2. The Labute approximate surface area is 138 Å². The highest BCUT2D eigenvalue weighted by Crippen LogP contribution is 2.34. The van der Waals surface area contributed by atoms with Crippen molar-refractivity contribution < 1.29 is 27.4 Å². The third kappa shape index (κ3) is 3.72. The van der Waals surface area contributed by atoms with Crippen LogP contribution in [-0.4, -0.2) is 37.4 Å². The van der Waals surface area contributed by atoms with Crippen molar-refractivity contribution >= 4 is 5.91 Å². The summed E-state index contributed by atoms with van der Waals surface area (Å²) in [6.45, 7) is 1.77. The van der Waals surface area contributed by atoms with E-state index in [4.69, 9.17) is 9.47 Å². The van der Waals surface area contributed by atoms with Gasteiger partial charge in [-0.2, -0.15) is 0 Å². The van der Waals surface area contributed by atoms with Crippen molar-refractivity contribution in [1.82, 2.24) is 5.32 Å². The number of amides is 1. The maximum Gasteiger partial charge on any atom is 0.224 e. The second kappa shape index (κ2) is 7.11. The van der Waals surface area contributed by atoms with E-state index in [-0.39, 0.29) is 11.6 Å². The van der Waals surface area contributed by atoms with E-state index >= 15 is 0 Å². The molecular weight excluding hydrogens is 323 g/mol. The van der Waals surface area contributed by atoms with Crippen molar-refractivity contribution in [2.24, 2.45) is 0 Å². The molecule has 1 unspecified atom stereocenters. The second-order valence-corrected chi connectivity index (χ2v) is 6.40. The first-order chi connectivity index (χ1) is 11.5. The Morgan fingerprint density at radius 1 is 1.17 bits per heavy atom. The molecule has 0 aromatic heterocycles. The van der Waals surface area contributed by atoms with E-state index in [2.05, 4.69) is 5.32 Å². The van der Waals surface area contributed by atoms with Gasteiger partial charge in [0, 0.05) is 31.4 Å². The molecular formula is C17H20F3NO3. The number of carbonyl (C=O) groups excluding carboxylic acids is 1. The van der Waals surface area contributed by atoms with Crippen LogP contribution in [0.5, 0.6) is 0 Å². The molecule has 1 spiro atoms. The van der Waals surface area contributed by atoms with Gasteiger partial charge in [-0.3, -0.25) is 4.79 Å². The number of hydrogen-bond acceptors (Lipinski definition) is 3. The number of nitrogens with one attached hydrogen (secondary N) is 1. The second-order valence-electron chi connectivity index (χ2n) is 6.40. The number of ether oxygens (including phenoxy) is 2. The first-order valence-electron chi connectivity index (χ1n) is 8.12. The zero-order chi connectivity index (χ0) is 17.2. The molecule has 0 radical (unpaired) electrons. The molecule has 1 atom stereocenters. The first-order valence-corrected chi connectivity index (χ1v) is 8.12. The average Bonchev–Trinajstić information content (AvgIpc) is 2.56. The lowest BCUT2D eigenvalue weighted by Crippen LogP contribution is -2.51. The van der Waals surface area contributed by atoms with Gasteiger partial charge in [0.2, 0.25) is 5.91 Å². The highest BCUT2D eigenvalue weighted by atomic mass is 19.2. The Kier molecular flexibility index (Phi) is 5.10. The monoisotopic (exact) mass is 343 g/mol. The molecule has 1 N–H and O–H groups in total. The van der Waals surface area contributed by atoms with Crippen molar-refractivity contribution in [3.8, 4) is 0 Å². The maximum absolute atomic E-state index is 13.7. The standard InChI is InChI=1S/C17H20F3NO3/c18-13-1-2-14(19)16(20)12(13)9-15(22)21-11-3-6-24-17(10-11)4-7-23-8-5-17/h1-2,11H,3-10H2,(H,21,22). The number of halogens is 3. The quantitative estimate of drug-likeness (QED) is 0.858. The van der Waals surface area contributed by atoms with Gasteiger partial charge in [0.1, 0.15) is 5.82 Å². The number of rotatable bonds is 3. The minimum Gasteiger partial charge on any atom is -0.381 e. The zero-order valence-corrected chi connectivity index (χ0v) is 13.2. The topological polar surface area (TPSA) is 47.6 Å². The van der Waals surface area contributed by atoms with Gasteiger partial charge in [0.25, 0.3) is 0 Å². The summed E-state index contributed by atoms with van der Waals surface area (Å²) < 4.78 is 51.7. The summed E-state index contributed by atoms with van der Waals surface area (Å²) in [5.74, 6) is -3.91. The largest absolute Gasteiger partial charge is 0.381 e. The van der Waals surface area contributed by atoms with Crippen LogP contribution in [0.15, 0.2) is 12.1 Å². The molecule has 24 heavy (non-hydrogen) atoms. The van der Waals surface area contributed by atoms with E-state index in [0.717, 1.165) is 18.9 Å². The zero-order valence-electron chi connectivity index (χ0n) is 13.2. The molecule has 2 saturated heterocycles. The molecule has 1 amide bonds. The van der Waals surface area contributed by atoms with Crippen LogP contribution in [-0.2, 0) is 20.7 Å². The van der Waals surface area contributed by atoms with Crippen molar-refractivity contribution in [1.29, 1.82) is 0 Å². The molecule has 2 heterocycles. The van der Waals surface area contributed by atoms with Gasteiger partial charge >= 0.3 is 0 Å². The Bertz CT molecular complexity index is 612. The van der Waals surface area contributed by atoms with E-state index in [1.165, 1.54) is 0 Å². The molecule has 132 valence electrons. The van der Waals surface area contributed by atoms with Crippen LogP contribution in [0.3, 0.4) is 0 Å². The van der Waals surface area contributed by atoms with Crippen molar-refractivity contribution in [2.75, 3.05) is 19.8 Å². The summed E-state index contributed by atoms with van der Waals surface area (Å²) in [7, 11) is 0.